The number of thiazole rings is 1. The molecule has 2 N–H and O–H groups in total. The topological polar surface area (TPSA) is 88.5 Å². The van der Waals surface area contributed by atoms with Crippen LogP contribution in [0.4, 0.5) is 0 Å². The van der Waals surface area contributed by atoms with Gasteiger partial charge in [0, 0.05) is 11.1 Å². The predicted molar refractivity (Wildman–Crippen MR) is 92.5 cm³/mol. The lowest BCUT2D eigenvalue weighted by Gasteiger charge is -2.09. The molecule has 0 fully saturated rings. The summed E-state index contributed by atoms with van der Waals surface area (Å²) in [5.74, 6) is -0.856. The molecule has 1 aromatic heterocycles. The molecular formula is C15H14Cl2N2O4S. The van der Waals surface area contributed by atoms with E-state index in [1.54, 1.807) is 25.1 Å². The van der Waals surface area contributed by atoms with Crippen LogP contribution in [-0.2, 0) is 11.2 Å². The molecule has 0 unspecified atom stereocenters. The molecule has 1 aromatic carbocycles. The molecule has 9 heteroatoms. The van der Waals surface area contributed by atoms with E-state index in [1.165, 1.54) is 0 Å². The summed E-state index contributed by atoms with van der Waals surface area (Å²) in [5, 5.41) is 13.0. The van der Waals surface area contributed by atoms with E-state index in [0.717, 1.165) is 11.3 Å². The zero-order chi connectivity index (χ0) is 17.7. The number of aromatic nitrogens is 1. The second-order valence-electron chi connectivity index (χ2n) is 4.78. The average molecular weight is 389 g/mol. The summed E-state index contributed by atoms with van der Waals surface area (Å²) in [6.45, 7) is 2.10. The fraction of sp³-hybridized carbons (Fsp3) is 0.267. The molecule has 6 nitrogen and oxygen atoms in total. The fourth-order valence-electron chi connectivity index (χ4n) is 1.87. The molecule has 0 radical (unpaired) electrons. The molecule has 0 saturated heterocycles. The number of amides is 1. The van der Waals surface area contributed by atoms with E-state index in [4.69, 9.17) is 33.0 Å². The number of carboxylic acid groups (broad SMARTS) is 1. The molecule has 2 aromatic rings. The number of nitrogens with one attached hydrogen (secondary N) is 1. The maximum Gasteiger partial charge on any atom is 0.347 e. The van der Waals surface area contributed by atoms with Crippen molar-refractivity contribution in [2.24, 2.45) is 0 Å². The van der Waals surface area contributed by atoms with Gasteiger partial charge in [0.2, 0.25) is 5.91 Å². The Bertz CT molecular complexity index is 764. The Morgan fingerprint density at radius 1 is 1.38 bits per heavy atom. The molecule has 0 bridgehead atoms. The summed E-state index contributed by atoms with van der Waals surface area (Å²) in [4.78, 5) is 27.0. The van der Waals surface area contributed by atoms with Crippen LogP contribution in [0.2, 0.25) is 10.0 Å². The number of carboxylic acids is 1. The Morgan fingerprint density at radius 2 is 2.12 bits per heavy atom. The smallest absolute Gasteiger partial charge is 0.347 e. The lowest BCUT2D eigenvalue weighted by Crippen LogP contribution is -2.29. The van der Waals surface area contributed by atoms with Gasteiger partial charge in [-0.3, -0.25) is 4.79 Å². The van der Waals surface area contributed by atoms with Crippen LogP contribution in [0.5, 0.6) is 5.75 Å². The van der Waals surface area contributed by atoms with Gasteiger partial charge in [-0.25, -0.2) is 9.78 Å². The molecule has 0 aliphatic heterocycles. The van der Waals surface area contributed by atoms with E-state index in [0.29, 0.717) is 26.5 Å². The molecule has 24 heavy (non-hydrogen) atoms. The lowest BCUT2D eigenvalue weighted by atomic mass is 10.3. The Kier molecular flexibility index (Phi) is 6.42. The Balaban J connectivity index is 1.78. The minimum atomic E-state index is -1.04. The van der Waals surface area contributed by atoms with E-state index in [2.05, 4.69) is 10.3 Å². The molecular weight excluding hydrogens is 375 g/mol. The number of aryl methyl sites for hydroxylation is 1. The molecule has 0 saturated carbocycles. The van der Waals surface area contributed by atoms with Crippen LogP contribution in [0.15, 0.2) is 18.2 Å². The zero-order valence-corrected chi connectivity index (χ0v) is 15.0. The summed E-state index contributed by atoms with van der Waals surface area (Å²) in [6.07, 6.45) is 0.0245. The third kappa shape index (κ3) is 5.09. The summed E-state index contributed by atoms with van der Waals surface area (Å²) < 4.78 is 5.45. The molecule has 0 aliphatic rings. The van der Waals surface area contributed by atoms with Crippen LogP contribution in [0.25, 0.3) is 0 Å². The van der Waals surface area contributed by atoms with Crippen molar-refractivity contribution in [3.63, 3.8) is 0 Å². The summed E-state index contributed by atoms with van der Waals surface area (Å²) in [6, 6.07) is 4.88. The van der Waals surface area contributed by atoms with E-state index >= 15 is 0 Å². The van der Waals surface area contributed by atoms with Gasteiger partial charge in [0.25, 0.3) is 0 Å². The van der Waals surface area contributed by atoms with E-state index < -0.39 is 5.97 Å². The number of carbonyl (C=O) groups is 2. The predicted octanol–water partition coefficient (Wildman–Crippen LogP) is 3.19. The van der Waals surface area contributed by atoms with E-state index in [9.17, 15) is 9.59 Å². The zero-order valence-electron chi connectivity index (χ0n) is 12.6. The van der Waals surface area contributed by atoms with Crippen LogP contribution < -0.4 is 10.1 Å². The van der Waals surface area contributed by atoms with Crippen molar-refractivity contribution in [3.8, 4) is 5.75 Å². The highest BCUT2D eigenvalue weighted by Gasteiger charge is 2.15. The van der Waals surface area contributed by atoms with Gasteiger partial charge < -0.3 is 15.2 Å². The Hall–Kier alpha value is -1.83. The number of aromatic carboxylic acids is 1. The number of carbonyl (C=O) groups excluding carboxylic acids is 1. The maximum atomic E-state index is 11.8. The standard InChI is InChI=1S/C15H14Cl2N2O4S/c1-8-14(15(21)22)24-13(19-8)7-12(20)18-4-5-23-11-6-9(16)2-3-10(11)17/h2-3,6H,4-5,7H2,1H3,(H,18,20)(H,21,22). The molecule has 128 valence electrons. The van der Waals surface area contributed by atoms with Crippen molar-refractivity contribution in [2.75, 3.05) is 13.2 Å². The third-order valence-electron chi connectivity index (χ3n) is 2.92. The van der Waals surface area contributed by atoms with E-state index in [1.807, 2.05) is 0 Å². The van der Waals surface area contributed by atoms with Gasteiger partial charge in [0.15, 0.2) is 0 Å². The quantitative estimate of drug-likeness (QED) is 0.710. The number of rotatable bonds is 7. The van der Waals surface area contributed by atoms with Crippen molar-refractivity contribution >= 4 is 46.4 Å². The number of hydrogen-bond acceptors (Lipinski definition) is 5. The van der Waals surface area contributed by atoms with Crippen molar-refractivity contribution in [1.82, 2.24) is 10.3 Å². The van der Waals surface area contributed by atoms with E-state index in [-0.39, 0.29) is 30.4 Å². The van der Waals surface area contributed by atoms with Gasteiger partial charge in [-0.05, 0) is 19.1 Å². The minimum Gasteiger partial charge on any atom is -0.490 e. The first-order valence-corrected chi connectivity index (χ1v) is 8.48. The molecule has 1 amide bonds. The van der Waals surface area contributed by atoms with Crippen LogP contribution in [0.1, 0.15) is 20.4 Å². The number of halogens is 2. The minimum absolute atomic E-state index is 0.0245. The normalized spacial score (nSPS) is 10.5. The SMILES string of the molecule is Cc1nc(CC(=O)NCCOc2cc(Cl)ccc2Cl)sc1C(=O)O. The molecule has 0 spiro atoms. The van der Waals surface area contributed by atoms with Crippen LogP contribution in [0.3, 0.4) is 0 Å². The second kappa shape index (κ2) is 8.32. The number of benzene rings is 1. The van der Waals surface area contributed by atoms with Gasteiger partial charge in [0.1, 0.15) is 22.2 Å². The molecule has 0 aliphatic carbocycles. The highest BCUT2D eigenvalue weighted by Crippen LogP contribution is 2.27. The maximum absolute atomic E-state index is 11.8. The van der Waals surface area contributed by atoms with Gasteiger partial charge in [-0.2, -0.15) is 0 Å². The average Bonchev–Trinajstić information content (AvgIpc) is 2.87. The highest BCUT2D eigenvalue weighted by molar-refractivity contribution is 7.13. The Labute approximate surface area is 152 Å². The number of hydrogen-bond donors (Lipinski definition) is 2. The second-order valence-corrected chi connectivity index (χ2v) is 6.70. The van der Waals surface area contributed by atoms with Crippen molar-refractivity contribution in [3.05, 3.63) is 43.8 Å². The van der Waals surface area contributed by atoms with Gasteiger partial charge in [-0.1, -0.05) is 23.2 Å². The fourth-order valence-corrected chi connectivity index (χ4v) is 3.10. The number of nitrogens with zero attached hydrogens (tertiary/aromatic N) is 1. The van der Waals surface area contributed by atoms with Crippen LogP contribution in [-0.4, -0.2) is 35.1 Å². The Morgan fingerprint density at radius 3 is 2.79 bits per heavy atom. The largest absolute Gasteiger partial charge is 0.490 e. The first-order chi connectivity index (χ1) is 11.4. The summed E-state index contributed by atoms with van der Waals surface area (Å²) in [7, 11) is 0. The molecule has 0 atom stereocenters. The van der Waals surface area contributed by atoms with Gasteiger partial charge in [0.05, 0.1) is 23.7 Å². The van der Waals surface area contributed by atoms with Gasteiger partial charge >= 0.3 is 5.97 Å². The van der Waals surface area contributed by atoms with Crippen molar-refractivity contribution in [1.29, 1.82) is 0 Å². The molecule has 2 rings (SSSR count). The lowest BCUT2D eigenvalue weighted by molar-refractivity contribution is -0.120. The van der Waals surface area contributed by atoms with Crippen LogP contribution >= 0.6 is 34.5 Å². The summed E-state index contributed by atoms with van der Waals surface area (Å²) >= 11 is 12.8. The van der Waals surface area contributed by atoms with Crippen molar-refractivity contribution < 1.29 is 19.4 Å². The number of ether oxygens (including phenoxy) is 1. The highest BCUT2D eigenvalue weighted by atomic mass is 35.5. The first-order valence-electron chi connectivity index (χ1n) is 6.91. The first kappa shape index (κ1) is 18.5. The molecule has 1 heterocycles. The van der Waals surface area contributed by atoms with Crippen LogP contribution in [0, 0.1) is 6.92 Å². The van der Waals surface area contributed by atoms with Gasteiger partial charge in [-0.15, -0.1) is 11.3 Å². The van der Waals surface area contributed by atoms with Crippen molar-refractivity contribution in [2.45, 2.75) is 13.3 Å². The summed E-state index contributed by atoms with van der Waals surface area (Å²) in [5.41, 5.74) is 0.411. The third-order valence-corrected chi connectivity index (χ3v) is 4.61. The monoisotopic (exact) mass is 388 g/mol.